The summed E-state index contributed by atoms with van der Waals surface area (Å²) >= 11 is 0. The number of aromatic nitrogens is 1. The third-order valence-electron chi connectivity index (χ3n) is 2.89. The highest BCUT2D eigenvalue weighted by Crippen LogP contribution is 2.20. The zero-order valence-corrected chi connectivity index (χ0v) is 12.8. The third-order valence-corrected chi connectivity index (χ3v) is 2.89. The van der Waals surface area contributed by atoms with E-state index in [1.54, 1.807) is 7.05 Å². The summed E-state index contributed by atoms with van der Waals surface area (Å²) in [4.78, 5) is 30.2. The van der Waals surface area contributed by atoms with Gasteiger partial charge < -0.3 is 15.1 Å². The van der Waals surface area contributed by atoms with Gasteiger partial charge in [-0.25, -0.2) is 4.98 Å². The monoisotopic (exact) mass is 295 g/mol. The lowest BCUT2D eigenvalue weighted by atomic mass is 10.2. The number of amides is 1. The molecule has 0 unspecified atom stereocenters. The molecule has 0 fully saturated rings. The van der Waals surface area contributed by atoms with Crippen molar-refractivity contribution in [3.8, 4) is 0 Å². The lowest BCUT2D eigenvalue weighted by Gasteiger charge is -2.20. The summed E-state index contributed by atoms with van der Waals surface area (Å²) < 4.78 is 0. The molecule has 0 atom stereocenters. The van der Waals surface area contributed by atoms with Crippen LogP contribution in [0.5, 0.6) is 0 Å². The first-order valence-corrected chi connectivity index (χ1v) is 6.65. The minimum Gasteiger partial charge on any atom is -0.370 e. The molecule has 1 heterocycles. The SMILES string of the molecule is CCNc1ncc([N+](=O)[O-])cc1C(=O)N(C)CCN(C)C. The Hall–Kier alpha value is -2.22. The Morgan fingerprint density at radius 2 is 2.05 bits per heavy atom. The zero-order valence-electron chi connectivity index (χ0n) is 12.8. The molecular formula is C13H21N5O3. The molecule has 0 aliphatic carbocycles. The molecule has 0 spiro atoms. The van der Waals surface area contributed by atoms with E-state index in [-0.39, 0.29) is 17.2 Å². The molecule has 0 aromatic carbocycles. The van der Waals surface area contributed by atoms with Gasteiger partial charge in [-0.1, -0.05) is 0 Å². The van der Waals surface area contributed by atoms with Crippen LogP contribution in [0.4, 0.5) is 11.5 Å². The van der Waals surface area contributed by atoms with Gasteiger partial charge in [0.1, 0.15) is 12.0 Å². The van der Waals surface area contributed by atoms with E-state index >= 15 is 0 Å². The molecule has 8 nitrogen and oxygen atoms in total. The molecule has 21 heavy (non-hydrogen) atoms. The van der Waals surface area contributed by atoms with Crippen molar-refractivity contribution in [3.63, 3.8) is 0 Å². The van der Waals surface area contributed by atoms with E-state index in [1.807, 2.05) is 25.9 Å². The fourth-order valence-corrected chi connectivity index (χ4v) is 1.68. The molecule has 1 aromatic heterocycles. The molecule has 116 valence electrons. The van der Waals surface area contributed by atoms with Gasteiger partial charge >= 0.3 is 0 Å². The second-order valence-electron chi connectivity index (χ2n) is 4.91. The maximum atomic E-state index is 12.4. The second kappa shape index (κ2) is 7.53. The van der Waals surface area contributed by atoms with Gasteiger partial charge in [0.2, 0.25) is 0 Å². The first-order valence-electron chi connectivity index (χ1n) is 6.65. The lowest BCUT2D eigenvalue weighted by Crippen LogP contribution is -2.34. The molecular weight excluding hydrogens is 274 g/mol. The van der Waals surface area contributed by atoms with Crippen molar-refractivity contribution in [1.82, 2.24) is 14.8 Å². The van der Waals surface area contributed by atoms with Gasteiger partial charge in [0, 0.05) is 32.7 Å². The molecule has 8 heteroatoms. The van der Waals surface area contributed by atoms with Gasteiger partial charge in [0.15, 0.2) is 0 Å². The lowest BCUT2D eigenvalue weighted by molar-refractivity contribution is -0.385. The third kappa shape index (κ3) is 4.67. The van der Waals surface area contributed by atoms with E-state index in [0.717, 1.165) is 6.20 Å². The Morgan fingerprint density at radius 3 is 2.57 bits per heavy atom. The van der Waals surface area contributed by atoms with Gasteiger partial charge in [-0.3, -0.25) is 14.9 Å². The average Bonchev–Trinajstić information content (AvgIpc) is 2.44. The summed E-state index contributed by atoms with van der Waals surface area (Å²) in [6.07, 6.45) is 1.15. The van der Waals surface area contributed by atoms with Crippen LogP contribution in [0, 0.1) is 10.1 Å². The van der Waals surface area contributed by atoms with E-state index in [4.69, 9.17) is 0 Å². The molecule has 1 amide bonds. The summed E-state index contributed by atoms with van der Waals surface area (Å²) in [5.74, 6) is 0.0776. The van der Waals surface area contributed by atoms with Crippen LogP contribution in [-0.4, -0.2) is 66.4 Å². The maximum Gasteiger partial charge on any atom is 0.288 e. The molecule has 0 saturated carbocycles. The fourth-order valence-electron chi connectivity index (χ4n) is 1.68. The number of carbonyl (C=O) groups excluding carboxylic acids is 1. The van der Waals surface area contributed by atoms with E-state index in [9.17, 15) is 14.9 Å². The maximum absolute atomic E-state index is 12.4. The number of carbonyl (C=O) groups is 1. The Balaban J connectivity index is 3.03. The molecule has 1 rings (SSSR count). The van der Waals surface area contributed by atoms with Crippen molar-refractivity contribution in [3.05, 3.63) is 27.9 Å². The van der Waals surface area contributed by atoms with Crippen LogP contribution in [0.15, 0.2) is 12.3 Å². The highest BCUT2D eigenvalue weighted by Gasteiger charge is 2.20. The quantitative estimate of drug-likeness (QED) is 0.597. The van der Waals surface area contributed by atoms with Gasteiger partial charge in [0.05, 0.1) is 10.5 Å². The van der Waals surface area contributed by atoms with Gasteiger partial charge in [-0.2, -0.15) is 0 Å². The van der Waals surface area contributed by atoms with Crippen LogP contribution < -0.4 is 5.32 Å². The summed E-state index contributed by atoms with van der Waals surface area (Å²) in [6.45, 7) is 3.68. The van der Waals surface area contributed by atoms with Gasteiger partial charge in [-0.05, 0) is 21.0 Å². The number of nitrogens with one attached hydrogen (secondary N) is 1. The van der Waals surface area contributed by atoms with Crippen molar-refractivity contribution in [2.75, 3.05) is 46.1 Å². The average molecular weight is 295 g/mol. The summed E-state index contributed by atoms with van der Waals surface area (Å²) in [7, 11) is 5.50. The molecule has 1 aromatic rings. The Labute approximate surface area is 123 Å². The fraction of sp³-hybridized carbons (Fsp3) is 0.538. The number of pyridine rings is 1. The number of hydrogen-bond acceptors (Lipinski definition) is 6. The first kappa shape index (κ1) is 16.8. The topological polar surface area (TPSA) is 91.6 Å². The van der Waals surface area contributed by atoms with Crippen molar-refractivity contribution >= 4 is 17.4 Å². The molecule has 1 N–H and O–H groups in total. The number of rotatable bonds is 7. The number of likely N-dealkylation sites (N-methyl/N-ethyl adjacent to an activating group) is 2. The van der Waals surface area contributed by atoms with Crippen LogP contribution >= 0.6 is 0 Å². The Bertz CT molecular complexity index is 519. The Kier molecular flexibility index (Phi) is 6.04. The van der Waals surface area contributed by atoms with Crippen LogP contribution in [0.1, 0.15) is 17.3 Å². The molecule has 0 aliphatic heterocycles. The minimum absolute atomic E-state index is 0.194. The minimum atomic E-state index is -0.556. The summed E-state index contributed by atoms with van der Waals surface area (Å²) in [5.41, 5.74) is 0.0216. The number of nitrogens with zero attached hydrogens (tertiary/aromatic N) is 4. The zero-order chi connectivity index (χ0) is 16.0. The van der Waals surface area contributed by atoms with E-state index in [2.05, 4.69) is 10.3 Å². The van der Waals surface area contributed by atoms with E-state index in [1.165, 1.54) is 11.0 Å². The van der Waals surface area contributed by atoms with Crippen molar-refractivity contribution in [2.24, 2.45) is 0 Å². The number of hydrogen-bond donors (Lipinski definition) is 1. The molecule has 0 aliphatic rings. The smallest absolute Gasteiger partial charge is 0.288 e. The van der Waals surface area contributed by atoms with Crippen LogP contribution in [0.3, 0.4) is 0 Å². The summed E-state index contributed by atoms with van der Waals surface area (Å²) in [5, 5.41) is 13.8. The highest BCUT2D eigenvalue weighted by molar-refractivity contribution is 5.99. The molecule has 0 radical (unpaired) electrons. The predicted molar refractivity (Wildman–Crippen MR) is 80.6 cm³/mol. The van der Waals surface area contributed by atoms with E-state index in [0.29, 0.717) is 25.5 Å². The standard InChI is InChI=1S/C13H21N5O3/c1-5-14-12-11(8-10(9-15-12)18(20)21)13(19)17(4)7-6-16(2)3/h8-9H,5-7H2,1-4H3,(H,14,15). The highest BCUT2D eigenvalue weighted by atomic mass is 16.6. The largest absolute Gasteiger partial charge is 0.370 e. The number of nitro groups is 1. The number of anilines is 1. The van der Waals surface area contributed by atoms with Gasteiger partial charge in [-0.15, -0.1) is 0 Å². The second-order valence-corrected chi connectivity index (χ2v) is 4.91. The van der Waals surface area contributed by atoms with Gasteiger partial charge in [0.25, 0.3) is 11.6 Å². The van der Waals surface area contributed by atoms with E-state index < -0.39 is 4.92 Å². The molecule has 0 bridgehead atoms. The van der Waals surface area contributed by atoms with Crippen molar-refractivity contribution in [2.45, 2.75) is 6.92 Å². The normalized spacial score (nSPS) is 10.5. The van der Waals surface area contributed by atoms with Crippen molar-refractivity contribution < 1.29 is 9.72 Å². The molecule has 0 saturated heterocycles. The summed E-state index contributed by atoms with van der Waals surface area (Å²) in [6, 6.07) is 1.26. The van der Waals surface area contributed by atoms with Crippen LogP contribution in [-0.2, 0) is 0 Å². The van der Waals surface area contributed by atoms with Crippen molar-refractivity contribution in [1.29, 1.82) is 0 Å². The predicted octanol–water partition coefficient (Wildman–Crippen LogP) is 1.06. The van der Waals surface area contributed by atoms with Crippen LogP contribution in [0.25, 0.3) is 0 Å². The van der Waals surface area contributed by atoms with Crippen LogP contribution in [0.2, 0.25) is 0 Å². The Morgan fingerprint density at radius 1 is 1.38 bits per heavy atom. The first-order chi connectivity index (χ1) is 9.86.